The fraction of sp³-hybridized carbons (Fsp3) is 0.250. The van der Waals surface area contributed by atoms with Crippen LogP contribution in [0.25, 0.3) is 0 Å². The number of carbonyl (C=O) groups is 1. The molecule has 0 spiro atoms. The number of benzene rings is 1. The van der Waals surface area contributed by atoms with E-state index >= 15 is 0 Å². The molecule has 22 heavy (non-hydrogen) atoms. The van der Waals surface area contributed by atoms with Crippen LogP contribution in [0.4, 0.5) is 5.82 Å². The van der Waals surface area contributed by atoms with Gasteiger partial charge in [-0.25, -0.2) is 0 Å². The van der Waals surface area contributed by atoms with Gasteiger partial charge in [-0.3, -0.25) is 19.8 Å². The monoisotopic (exact) mass is 315 g/mol. The molecule has 6 heteroatoms. The molecule has 0 saturated carbocycles. The van der Waals surface area contributed by atoms with E-state index in [1.54, 1.807) is 12.1 Å². The van der Waals surface area contributed by atoms with Crippen molar-refractivity contribution < 1.29 is 4.79 Å². The molecule has 0 amide bonds. The number of aromatic amines is 2. The van der Waals surface area contributed by atoms with Crippen LogP contribution >= 0.6 is 11.6 Å². The molecule has 2 heterocycles. The van der Waals surface area contributed by atoms with Crippen LogP contribution in [0.3, 0.4) is 0 Å². The van der Waals surface area contributed by atoms with Gasteiger partial charge < -0.3 is 5.32 Å². The molecule has 5 nitrogen and oxygen atoms in total. The lowest BCUT2D eigenvalue weighted by atomic mass is 9.77. The van der Waals surface area contributed by atoms with Crippen molar-refractivity contribution in [3.8, 4) is 0 Å². The second-order valence-corrected chi connectivity index (χ2v) is 6.08. The van der Waals surface area contributed by atoms with Crippen molar-refractivity contribution in [1.29, 1.82) is 0 Å². The topological polar surface area (TPSA) is 77.8 Å². The second kappa shape index (κ2) is 4.88. The fourth-order valence-corrected chi connectivity index (χ4v) is 3.48. The van der Waals surface area contributed by atoms with Crippen molar-refractivity contribution >= 4 is 23.2 Å². The minimum Gasteiger partial charge on any atom is -0.343 e. The molecule has 3 N–H and O–H groups in total. The number of ketones is 1. The first-order valence-electron chi connectivity index (χ1n) is 7.24. The van der Waals surface area contributed by atoms with Crippen molar-refractivity contribution in [3.63, 3.8) is 0 Å². The van der Waals surface area contributed by atoms with Gasteiger partial charge in [-0.15, -0.1) is 0 Å². The molecule has 2 aromatic rings. The number of hydrogen-bond acceptors (Lipinski definition) is 3. The number of nitrogens with one attached hydrogen (secondary N) is 3. The molecule has 1 unspecified atom stereocenters. The summed E-state index contributed by atoms with van der Waals surface area (Å²) in [5.41, 5.74) is 2.90. The third-order valence-corrected chi connectivity index (χ3v) is 4.58. The van der Waals surface area contributed by atoms with Gasteiger partial charge in [0.25, 0.3) is 5.56 Å². The molecule has 1 aliphatic heterocycles. The first kappa shape index (κ1) is 13.4. The molecule has 4 rings (SSSR count). The first-order valence-corrected chi connectivity index (χ1v) is 7.62. The van der Waals surface area contributed by atoms with Crippen LogP contribution in [0.15, 0.2) is 40.3 Å². The Morgan fingerprint density at radius 2 is 1.82 bits per heavy atom. The van der Waals surface area contributed by atoms with Gasteiger partial charge in [0.1, 0.15) is 5.82 Å². The highest BCUT2D eigenvalue weighted by Crippen LogP contribution is 2.43. The number of aromatic nitrogens is 2. The van der Waals surface area contributed by atoms with Crippen molar-refractivity contribution in [1.82, 2.24) is 10.2 Å². The predicted molar refractivity (Wildman–Crippen MR) is 84.2 cm³/mol. The summed E-state index contributed by atoms with van der Waals surface area (Å²) in [5.74, 6) is 0.421. The van der Waals surface area contributed by atoms with Gasteiger partial charge in [0.2, 0.25) is 0 Å². The number of allylic oxidation sites excluding steroid dienone is 2. The average Bonchev–Trinajstić information content (AvgIpc) is 2.88. The van der Waals surface area contributed by atoms with Crippen LogP contribution < -0.4 is 10.9 Å². The van der Waals surface area contributed by atoms with Crippen molar-refractivity contribution in [2.24, 2.45) is 0 Å². The standard InChI is InChI=1S/C16H14ClN3O2/c17-9-6-4-8(5-7-9)12-13-10(2-1-3-11(13)21)18-15-14(12)16(22)20-19-15/h4-7,12H,1-3H2,(H3,18,19,20,22). The largest absolute Gasteiger partial charge is 0.343 e. The van der Waals surface area contributed by atoms with Gasteiger partial charge in [-0.05, 0) is 30.5 Å². The van der Waals surface area contributed by atoms with E-state index in [2.05, 4.69) is 15.5 Å². The van der Waals surface area contributed by atoms with E-state index in [9.17, 15) is 9.59 Å². The van der Waals surface area contributed by atoms with E-state index < -0.39 is 0 Å². The van der Waals surface area contributed by atoms with Crippen LogP contribution in [-0.2, 0) is 4.79 Å². The summed E-state index contributed by atoms with van der Waals surface area (Å²) in [6.45, 7) is 0. The highest BCUT2D eigenvalue weighted by molar-refractivity contribution is 6.30. The summed E-state index contributed by atoms with van der Waals surface area (Å²) in [7, 11) is 0. The quantitative estimate of drug-likeness (QED) is 0.757. The van der Waals surface area contributed by atoms with E-state index in [0.29, 0.717) is 28.4 Å². The zero-order valence-electron chi connectivity index (χ0n) is 11.7. The number of anilines is 1. The molecular weight excluding hydrogens is 302 g/mol. The number of hydrogen-bond donors (Lipinski definition) is 3. The smallest absolute Gasteiger partial charge is 0.270 e. The van der Waals surface area contributed by atoms with Crippen LogP contribution in [-0.4, -0.2) is 16.0 Å². The van der Waals surface area contributed by atoms with Crippen LogP contribution in [0, 0.1) is 0 Å². The molecule has 2 aliphatic rings. The summed E-state index contributed by atoms with van der Waals surface area (Å²) in [5, 5.41) is 9.31. The maximum absolute atomic E-state index is 12.5. The number of rotatable bonds is 1. The molecule has 0 fully saturated rings. The van der Waals surface area contributed by atoms with Crippen molar-refractivity contribution in [3.05, 3.63) is 62.0 Å². The Morgan fingerprint density at radius 1 is 1.05 bits per heavy atom. The third kappa shape index (κ3) is 1.93. The molecule has 1 aromatic carbocycles. The molecule has 1 aliphatic carbocycles. The number of fused-ring (bicyclic) bond motifs is 1. The number of H-pyrrole nitrogens is 2. The van der Waals surface area contributed by atoms with E-state index in [1.807, 2.05) is 12.1 Å². The fourth-order valence-electron chi connectivity index (χ4n) is 3.35. The Labute approximate surface area is 131 Å². The van der Waals surface area contributed by atoms with Crippen LogP contribution in [0.2, 0.25) is 5.02 Å². The van der Waals surface area contributed by atoms with Gasteiger partial charge in [-0.2, -0.15) is 0 Å². The third-order valence-electron chi connectivity index (χ3n) is 4.33. The number of carbonyl (C=O) groups excluding carboxylic acids is 1. The van der Waals surface area contributed by atoms with Crippen LogP contribution in [0.5, 0.6) is 0 Å². The lowest BCUT2D eigenvalue weighted by molar-refractivity contribution is -0.116. The van der Waals surface area contributed by atoms with E-state index in [-0.39, 0.29) is 17.3 Å². The second-order valence-electron chi connectivity index (χ2n) is 5.65. The maximum Gasteiger partial charge on any atom is 0.270 e. The zero-order valence-corrected chi connectivity index (χ0v) is 12.5. The molecule has 0 saturated heterocycles. The van der Waals surface area contributed by atoms with Gasteiger partial charge in [0.15, 0.2) is 5.78 Å². The Morgan fingerprint density at radius 3 is 2.59 bits per heavy atom. The Hall–Kier alpha value is -2.27. The molecule has 1 atom stereocenters. The van der Waals surface area contributed by atoms with Crippen molar-refractivity contribution in [2.75, 3.05) is 5.32 Å². The molecule has 0 radical (unpaired) electrons. The molecule has 0 bridgehead atoms. The minimum atomic E-state index is -0.341. The lowest BCUT2D eigenvalue weighted by Crippen LogP contribution is -2.29. The summed E-state index contributed by atoms with van der Waals surface area (Å²) in [4.78, 5) is 24.7. The van der Waals surface area contributed by atoms with Crippen molar-refractivity contribution in [2.45, 2.75) is 25.2 Å². The van der Waals surface area contributed by atoms with E-state index in [4.69, 9.17) is 11.6 Å². The number of halogens is 1. The Kier molecular flexibility index (Phi) is 2.97. The Bertz CT molecular complexity index is 845. The minimum absolute atomic E-state index is 0.111. The van der Waals surface area contributed by atoms with Gasteiger partial charge >= 0.3 is 0 Å². The predicted octanol–water partition coefficient (Wildman–Crippen LogP) is 2.92. The Balaban J connectivity index is 1.96. The summed E-state index contributed by atoms with van der Waals surface area (Å²) in [6.07, 6.45) is 2.18. The van der Waals surface area contributed by atoms with Crippen LogP contribution in [0.1, 0.15) is 36.3 Å². The van der Waals surface area contributed by atoms with Gasteiger partial charge in [0, 0.05) is 28.6 Å². The molecular formula is C16H14ClN3O2. The highest BCUT2D eigenvalue weighted by Gasteiger charge is 2.37. The SMILES string of the molecule is O=C1CCCC2=C1C(c1ccc(Cl)cc1)c1c([nH][nH]c1=O)N2. The first-order chi connectivity index (χ1) is 10.6. The zero-order chi connectivity index (χ0) is 15.3. The summed E-state index contributed by atoms with van der Waals surface area (Å²) >= 11 is 5.96. The highest BCUT2D eigenvalue weighted by atomic mass is 35.5. The lowest BCUT2D eigenvalue weighted by Gasteiger charge is -2.31. The normalized spacial score (nSPS) is 20.4. The number of Topliss-reactive ketones (excluding diaryl/α,β-unsaturated/α-hetero) is 1. The van der Waals surface area contributed by atoms with E-state index in [0.717, 1.165) is 24.1 Å². The average molecular weight is 316 g/mol. The summed E-state index contributed by atoms with van der Waals surface area (Å²) < 4.78 is 0. The van der Waals surface area contributed by atoms with E-state index in [1.165, 1.54) is 0 Å². The van der Waals surface area contributed by atoms with Gasteiger partial charge in [0.05, 0.1) is 5.56 Å². The maximum atomic E-state index is 12.5. The molecule has 112 valence electrons. The summed E-state index contributed by atoms with van der Waals surface area (Å²) in [6, 6.07) is 7.32. The van der Waals surface area contributed by atoms with Gasteiger partial charge in [-0.1, -0.05) is 23.7 Å². The molecule has 1 aromatic heterocycles.